The van der Waals surface area contributed by atoms with Gasteiger partial charge in [-0.15, -0.1) is 0 Å². The number of carbonyl (C=O) groups is 4. The first-order valence-electron chi connectivity index (χ1n) is 18.0. The summed E-state index contributed by atoms with van der Waals surface area (Å²) in [5, 5.41) is 21.4. The van der Waals surface area contributed by atoms with Crippen LogP contribution in [-0.2, 0) is 30.8 Å². The second kappa shape index (κ2) is 14.5. The average molecular weight is 837 g/mol. The number of amides is 4. The smallest absolute Gasteiger partial charge is 0.417 e. The van der Waals surface area contributed by atoms with E-state index in [2.05, 4.69) is 10.4 Å². The number of nitro groups is 1. The lowest BCUT2D eigenvalue weighted by atomic mass is 9.49. The molecule has 2 aliphatic heterocycles. The molecule has 4 aliphatic rings. The van der Waals surface area contributed by atoms with Gasteiger partial charge in [0.1, 0.15) is 12.4 Å². The molecule has 4 aromatic rings. The number of hydrogen-bond donors (Lipinski definition) is 2. The van der Waals surface area contributed by atoms with E-state index in [0.29, 0.717) is 44.7 Å². The summed E-state index contributed by atoms with van der Waals surface area (Å²) in [5.41, 5.74) is 0.850. The van der Waals surface area contributed by atoms with E-state index in [1.165, 1.54) is 18.2 Å². The number of halogens is 5. The first kappa shape index (κ1) is 39.0. The van der Waals surface area contributed by atoms with Crippen LogP contribution in [0.3, 0.4) is 0 Å². The van der Waals surface area contributed by atoms with Crippen LogP contribution >= 0.6 is 23.2 Å². The lowest BCUT2D eigenvalue weighted by molar-refractivity contribution is -0.384. The highest BCUT2D eigenvalue weighted by Gasteiger charge is 2.70. The van der Waals surface area contributed by atoms with Crippen LogP contribution in [0.1, 0.15) is 35.4 Å². The molecule has 3 heterocycles. The number of nitrogens with one attached hydrogen (secondary N) is 1. The highest BCUT2D eigenvalue weighted by molar-refractivity contribution is 6.33. The zero-order valence-corrected chi connectivity index (χ0v) is 31.4. The fourth-order valence-corrected chi connectivity index (χ4v) is 9.41. The summed E-state index contributed by atoms with van der Waals surface area (Å²) in [4.78, 5) is 74.5. The molecule has 0 spiro atoms. The van der Waals surface area contributed by atoms with Gasteiger partial charge in [-0.2, -0.15) is 18.2 Å². The molecule has 6 atom stereocenters. The van der Waals surface area contributed by atoms with Gasteiger partial charge >= 0.3 is 6.18 Å². The van der Waals surface area contributed by atoms with Gasteiger partial charge in [-0.3, -0.25) is 34.7 Å². The summed E-state index contributed by atoms with van der Waals surface area (Å²) in [5.74, 6) is -7.73. The van der Waals surface area contributed by atoms with E-state index < -0.39 is 86.1 Å². The minimum absolute atomic E-state index is 0.00122. The van der Waals surface area contributed by atoms with E-state index in [-0.39, 0.29) is 37.4 Å². The number of carbonyl (C=O) groups excluding carboxylic acids is 4. The van der Waals surface area contributed by atoms with Crippen LogP contribution in [0, 0.1) is 33.8 Å². The van der Waals surface area contributed by atoms with E-state index >= 15 is 4.79 Å². The summed E-state index contributed by atoms with van der Waals surface area (Å²) in [7, 11) is 0. The van der Waals surface area contributed by atoms with E-state index in [1.54, 1.807) is 48.5 Å². The van der Waals surface area contributed by atoms with Gasteiger partial charge in [0.15, 0.2) is 5.82 Å². The number of hydrazine groups is 1. The van der Waals surface area contributed by atoms with Crippen molar-refractivity contribution < 1.29 is 47.1 Å². The Bertz CT molecular complexity index is 2410. The number of aliphatic hydroxyl groups excluding tert-OH is 1. The Morgan fingerprint density at radius 2 is 1.69 bits per heavy atom. The number of nitro benzene ring substituents is 1. The van der Waals surface area contributed by atoms with Crippen LogP contribution < -0.4 is 15.1 Å². The Balaban J connectivity index is 1.29. The van der Waals surface area contributed by atoms with Crippen molar-refractivity contribution in [3.05, 3.63) is 134 Å². The van der Waals surface area contributed by atoms with Gasteiger partial charge in [-0.05, 0) is 66.3 Å². The third kappa shape index (κ3) is 6.17. The number of imide groups is 2. The molecule has 4 amide bonds. The number of benzene rings is 3. The Hall–Kier alpha value is -5.84. The van der Waals surface area contributed by atoms with E-state index in [1.807, 2.05) is 6.08 Å². The number of rotatable bonds is 9. The van der Waals surface area contributed by atoms with Crippen molar-refractivity contribution in [1.82, 2.24) is 9.99 Å². The maximum absolute atomic E-state index is 15.3. The third-order valence-corrected chi connectivity index (χ3v) is 12.0. The number of pyridine rings is 1. The van der Waals surface area contributed by atoms with Crippen LogP contribution in [0.5, 0.6) is 5.75 Å². The van der Waals surface area contributed by atoms with E-state index in [4.69, 9.17) is 27.9 Å². The molecule has 2 aliphatic carbocycles. The highest BCUT2D eigenvalue weighted by Crippen LogP contribution is 2.64. The topological polar surface area (TPSA) is 172 Å². The molecule has 13 nitrogen and oxygen atoms in total. The highest BCUT2D eigenvalue weighted by atomic mass is 35.5. The molecule has 3 fully saturated rings. The Morgan fingerprint density at radius 1 is 0.966 bits per heavy atom. The number of fused-ring (bicyclic) bond motifs is 4. The zero-order valence-electron chi connectivity index (χ0n) is 29.9. The van der Waals surface area contributed by atoms with Crippen molar-refractivity contribution in [2.45, 2.75) is 30.4 Å². The lowest BCUT2D eigenvalue weighted by Gasteiger charge is -2.50. The van der Waals surface area contributed by atoms with Crippen molar-refractivity contribution in [3.8, 4) is 5.75 Å². The number of aromatic nitrogens is 1. The van der Waals surface area contributed by atoms with Crippen LogP contribution in [0.25, 0.3) is 0 Å². The van der Waals surface area contributed by atoms with E-state index in [9.17, 15) is 42.8 Å². The largest absolute Gasteiger partial charge is 0.491 e. The van der Waals surface area contributed by atoms with Crippen molar-refractivity contribution in [3.63, 3.8) is 0 Å². The standard InChI is InChI=1S/C40H30Cl2F3N5O8/c41-23-8-6-21(7-9-23)39-30(36(53)49(38(39)55)47-34-31(42)16-22(19-46-34)40(43,44)45)18-29-27(33(39)20-4-10-26(11-5-20)58-15-14-51)12-13-28-32(29)37(54)48(35(28)52)24-2-1-3-25(17-24)50(56)57/h1-12,16-17,19,28-30,32-33,51H,13-15,18H2,(H,46,47). The summed E-state index contributed by atoms with van der Waals surface area (Å²) in [6, 6.07) is 18.8. The van der Waals surface area contributed by atoms with Gasteiger partial charge in [-0.25, -0.2) is 9.88 Å². The van der Waals surface area contributed by atoms with Crippen LogP contribution in [0.4, 0.5) is 30.4 Å². The van der Waals surface area contributed by atoms with Crippen molar-refractivity contribution in [2.24, 2.45) is 23.7 Å². The molecule has 6 unspecified atom stereocenters. The molecular formula is C40H30Cl2F3N5O8. The van der Waals surface area contributed by atoms with Gasteiger partial charge in [0.05, 0.1) is 51.0 Å². The van der Waals surface area contributed by atoms with Gasteiger partial charge in [0.2, 0.25) is 11.8 Å². The summed E-state index contributed by atoms with van der Waals surface area (Å²) in [6.07, 6.45) is -2.51. The summed E-state index contributed by atoms with van der Waals surface area (Å²) >= 11 is 12.6. The number of nitrogens with zero attached hydrogens (tertiary/aromatic N) is 4. The number of alkyl halides is 3. The van der Waals surface area contributed by atoms with Gasteiger partial charge in [0.25, 0.3) is 17.5 Å². The van der Waals surface area contributed by atoms with Gasteiger partial charge in [-0.1, -0.05) is 65.2 Å². The normalized spacial score (nSPS) is 25.3. The Labute approximate surface area is 337 Å². The molecule has 0 bridgehead atoms. The fourth-order valence-electron chi connectivity index (χ4n) is 9.08. The Morgan fingerprint density at radius 3 is 2.34 bits per heavy atom. The molecule has 2 N–H and O–H groups in total. The monoisotopic (exact) mass is 835 g/mol. The average Bonchev–Trinajstić information content (AvgIpc) is 3.58. The third-order valence-electron chi connectivity index (χ3n) is 11.4. The molecular weight excluding hydrogens is 806 g/mol. The minimum atomic E-state index is -4.78. The van der Waals surface area contributed by atoms with Crippen molar-refractivity contribution in [1.29, 1.82) is 0 Å². The van der Waals surface area contributed by atoms with E-state index in [0.717, 1.165) is 11.0 Å². The molecule has 8 rings (SSSR count). The lowest BCUT2D eigenvalue weighted by Crippen LogP contribution is -2.53. The minimum Gasteiger partial charge on any atom is -0.491 e. The molecule has 1 aromatic heterocycles. The molecule has 0 radical (unpaired) electrons. The molecule has 1 saturated carbocycles. The SMILES string of the molecule is O=C1C2CC3C(=CCC4C(=O)N(c5cccc([N+](=O)[O-])c5)C(=O)C43)C(c3ccc(OCCO)cc3)C2(c2ccc(Cl)cc2)C(=O)N1Nc1ncc(C(F)(F)F)cc1Cl. The van der Waals surface area contributed by atoms with Crippen LogP contribution in [0.15, 0.2) is 96.7 Å². The molecule has 2 saturated heterocycles. The molecule has 298 valence electrons. The number of hydrogen-bond acceptors (Lipinski definition) is 10. The van der Waals surface area contributed by atoms with Crippen LogP contribution in [0.2, 0.25) is 10.0 Å². The molecule has 58 heavy (non-hydrogen) atoms. The second-order valence-corrected chi connectivity index (χ2v) is 15.2. The molecule has 18 heteroatoms. The second-order valence-electron chi connectivity index (χ2n) is 14.3. The quantitative estimate of drug-likeness (QED) is 0.0784. The van der Waals surface area contributed by atoms with Gasteiger partial charge in [0, 0.05) is 29.3 Å². The van der Waals surface area contributed by atoms with Crippen molar-refractivity contribution >= 4 is 64.0 Å². The Kier molecular flexibility index (Phi) is 9.76. The van der Waals surface area contributed by atoms with Crippen molar-refractivity contribution in [2.75, 3.05) is 23.5 Å². The van der Waals surface area contributed by atoms with Crippen LogP contribution in [-0.4, -0.2) is 56.9 Å². The predicted octanol–water partition coefficient (Wildman–Crippen LogP) is 6.88. The zero-order chi connectivity index (χ0) is 41.3. The maximum Gasteiger partial charge on any atom is 0.417 e. The first-order valence-corrected chi connectivity index (χ1v) is 18.7. The number of ether oxygens (including phenoxy) is 1. The summed E-state index contributed by atoms with van der Waals surface area (Å²) < 4.78 is 46.1. The summed E-state index contributed by atoms with van der Waals surface area (Å²) in [6.45, 7) is -0.249. The maximum atomic E-state index is 15.3. The number of non-ortho nitro benzene ring substituents is 1. The number of allylic oxidation sites excluding steroid dienone is 2. The fraction of sp³-hybridized carbons (Fsp3) is 0.275. The molecule has 3 aromatic carbocycles. The van der Waals surface area contributed by atoms with Gasteiger partial charge < -0.3 is 9.84 Å². The predicted molar refractivity (Wildman–Crippen MR) is 201 cm³/mol. The number of anilines is 2. The first-order chi connectivity index (χ1) is 27.7. The number of aliphatic hydroxyl groups is 1.